The first kappa shape index (κ1) is 11.7. The lowest BCUT2D eigenvalue weighted by Gasteiger charge is -2.25. The summed E-state index contributed by atoms with van der Waals surface area (Å²) in [4.78, 5) is 0. The van der Waals surface area contributed by atoms with Crippen molar-refractivity contribution in [3.63, 3.8) is 0 Å². The summed E-state index contributed by atoms with van der Waals surface area (Å²) in [6.45, 7) is 10.8. The summed E-state index contributed by atoms with van der Waals surface area (Å²) < 4.78 is 5.39. The molecule has 0 spiro atoms. The average molecular weight is 171 g/mol. The second kappa shape index (κ2) is 4.63. The summed E-state index contributed by atoms with van der Waals surface area (Å²) in [7, 11) is 0. The molecule has 0 unspecified atom stereocenters. The maximum absolute atomic E-state index is 5.39. The van der Waals surface area contributed by atoms with Gasteiger partial charge >= 0.3 is 0 Å². The Morgan fingerprint density at radius 3 is 2.08 bits per heavy atom. The van der Waals surface area contributed by atoms with E-state index in [2.05, 4.69) is 34.6 Å². The number of ether oxygens (including phenoxy) is 1. The minimum atomic E-state index is -0.129. The van der Waals surface area contributed by atoms with Crippen LogP contribution in [0, 0.1) is 0 Å². The third-order valence-corrected chi connectivity index (χ3v) is 2.02. The molecule has 0 rings (SSSR count). The zero-order valence-corrected chi connectivity index (χ0v) is 8.90. The van der Waals surface area contributed by atoms with Crippen molar-refractivity contribution in [2.75, 3.05) is 6.73 Å². The van der Waals surface area contributed by atoms with Crippen molar-refractivity contribution in [2.24, 2.45) is 5.73 Å². The second-order valence-corrected chi connectivity index (χ2v) is 4.03. The van der Waals surface area contributed by atoms with E-state index in [-0.39, 0.29) is 5.60 Å². The molecule has 0 saturated carbocycles. The van der Waals surface area contributed by atoms with Crippen LogP contribution in [0.3, 0.4) is 0 Å². The van der Waals surface area contributed by atoms with Gasteiger partial charge < -0.3 is 10.5 Å². The molecule has 2 N–H and O–H groups in total. The second-order valence-electron chi connectivity index (χ2n) is 4.03. The predicted octanol–water partition coefficient (Wildman–Crippen LogP) is 2.44. The molecule has 0 aromatic carbocycles. The van der Waals surface area contributed by atoms with Crippen LogP contribution >= 0.6 is 0 Å². The highest BCUT2D eigenvalue weighted by Crippen LogP contribution is 2.21. The summed E-state index contributed by atoms with van der Waals surface area (Å²) in [6.07, 6.45) is 0.951. The van der Waals surface area contributed by atoms with Crippen molar-refractivity contribution >= 4 is 0 Å². The van der Waals surface area contributed by atoms with E-state index in [9.17, 15) is 0 Å². The van der Waals surface area contributed by atoms with Crippen LogP contribution in [-0.2, 0) is 4.74 Å². The molecule has 0 heterocycles. The summed E-state index contributed by atoms with van der Waals surface area (Å²) in [5, 5.41) is 0. The van der Waals surface area contributed by atoms with Gasteiger partial charge in [-0.3, -0.25) is 0 Å². The Balaban J connectivity index is 4.15. The Kier molecular flexibility index (Phi) is 4.50. The molecule has 0 aliphatic heterocycles. The molecule has 0 aliphatic carbocycles. The fraction of sp³-hybridized carbons (Fsp3) is 0.800. The number of hydrogen-bond donors (Lipinski definition) is 1. The number of nitrogens with two attached hydrogens (primary N) is 1. The van der Waals surface area contributed by atoms with Crippen LogP contribution < -0.4 is 5.73 Å². The molecule has 12 heavy (non-hydrogen) atoms. The van der Waals surface area contributed by atoms with Gasteiger partial charge in [0.05, 0.1) is 12.3 Å². The fourth-order valence-corrected chi connectivity index (χ4v) is 1.09. The molecule has 0 aromatic heterocycles. The van der Waals surface area contributed by atoms with Gasteiger partial charge in [-0.05, 0) is 41.0 Å². The van der Waals surface area contributed by atoms with Gasteiger partial charge in [0.2, 0.25) is 0 Å². The zero-order chi connectivity index (χ0) is 9.78. The Bertz CT molecular complexity index is 167. The van der Waals surface area contributed by atoms with Gasteiger partial charge in [-0.15, -0.1) is 0 Å². The molecule has 0 atom stereocenters. The Labute approximate surface area is 75.8 Å². The quantitative estimate of drug-likeness (QED) is 0.521. The monoisotopic (exact) mass is 171 g/mol. The van der Waals surface area contributed by atoms with E-state index >= 15 is 0 Å². The van der Waals surface area contributed by atoms with Crippen molar-refractivity contribution in [3.8, 4) is 0 Å². The smallest absolute Gasteiger partial charge is 0.0947 e. The Hall–Kier alpha value is -0.340. The summed E-state index contributed by atoms with van der Waals surface area (Å²) >= 11 is 0. The predicted molar refractivity (Wildman–Crippen MR) is 52.9 cm³/mol. The highest BCUT2D eigenvalue weighted by Gasteiger charge is 2.18. The number of hydrogen-bond acceptors (Lipinski definition) is 2. The Morgan fingerprint density at radius 1 is 1.25 bits per heavy atom. The van der Waals surface area contributed by atoms with Gasteiger partial charge in [0.15, 0.2) is 0 Å². The first-order valence-corrected chi connectivity index (χ1v) is 4.36. The van der Waals surface area contributed by atoms with E-state index in [1.165, 1.54) is 11.1 Å². The highest BCUT2D eigenvalue weighted by molar-refractivity contribution is 5.09. The van der Waals surface area contributed by atoms with Crippen LogP contribution in [0.2, 0.25) is 0 Å². The lowest BCUT2D eigenvalue weighted by atomic mass is 9.97. The fourth-order valence-electron chi connectivity index (χ4n) is 1.09. The normalized spacial score (nSPS) is 11.5. The van der Waals surface area contributed by atoms with E-state index in [0.29, 0.717) is 6.73 Å². The zero-order valence-electron chi connectivity index (χ0n) is 8.90. The first-order valence-electron chi connectivity index (χ1n) is 4.36. The summed E-state index contributed by atoms with van der Waals surface area (Å²) in [5.74, 6) is 0. The van der Waals surface area contributed by atoms with Crippen LogP contribution in [0.25, 0.3) is 0 Å². The molecule has 0 amide bonds. The van der Waals surface area contributed by atoms with Crippen LogP contribution in [0.5, 0.6) is 0 Å². The van der Waals surface area contributed by atoms with E-state index in [0.717, 1.165) is 6.42 Å². The van der Waals surface area contributed by atoms with E-state index in [4.69, 9.17) is 10.5 Å². The molecule has 0 fully saturated rings. The van der Waals surface area contributed by atoms with Crippen LogP contribution in [0.4, 0.5) is 0 Å². The molecule has 72 valence electrons. The standard InChI is InChI=1S/C10H21NO/c1-8(2)9(3)6-10(4,5)12-7-11/h6-7,11H2,1-5H3. The summed E-state index contributed by atoms with van der Waals surface area (Å²) in [6, 6.07) is 0. The molecule has 0 saturated heterocycles. The van der Waals surface area contributed by atoms with Crippen LogP contribution in [0.1, 0.15) is 41.0 Å². The average Bonchev–Trinajstić information content (AvgIpc) is 1.85. The third-order valence-electron chi connectivity index (χ3n) is 2.02. The lowest BCUT2D eigenvalue weighted by molar-refractivity contribution is -0.0134. The van der Waals surface area contributed by atoms with Gasteiger partial charge in [0.25, 0.3) is 0 Å². The van der Waals surface area contributed by atoms with Crippen LogP contribution in [0.15, 0.2) is 11.1 Å². The molecule has 0 radical (unpaired) electrons. The first-order chi connectivity index (χ1) is 5.39. The molecule has 0 aliphatic rings. The lowest BCUT2D eigenvalue weighted by Crippen LogP contribution is -2.28. The van der Waals surface area contributed by atoms with Crippen LogP contribution in [-0.4, -0.2) is 12.3 Å². The van der Waals surface area contributed by atoms with Crippen molar-refractivity contribution in [1.29, 1.82) is 0 Å². The van der Waals surface area contributed by atoms with Gasteiger partial charge in [-0.25, -0.2) is 0 Å². The van der Waals surface area contributed by atoms with Crippen molar-refractivity contribution in [3.05, 3.63) is 11.1 Å². The van der Waals surface area contributed by atoms with Crippen molar-refractivity contribution in [2.45, 2.75) is 46.6 Å². The largest absolute Gasteiger partial charge is 0.360 e. The maximum Gasteiger partial charge on any atom is 0.0947 e. The Morgan fingerprint density at radius 2 is 1.75 bits per heavy atom. The molecular weight excluding hydrogens is 150 g/mol. The van der Waals surface area contributed by atoms with Crippen molar-refractivity contribution < 1.29 is 4.74 Å². The molecule has 0 aromatic rings. The van der Waals surface area contributed by atoms with Crippen molar-refractivity contribution in [1.82, 2.24) is 0 Å². The molecular formula is C10H21NO. The maximum atomic E-state index is 5.39. The SMILES string of the molecule is CC(C)=C(C)CC(C)(C)OCN. The minimum absolute atomic E-state index is 0.129. The van der Waals surface area contributed by atoms with Gasteiger partial charge in [-0.2, -0.15) is 0 Å². The van der Waals surface area contributed by atoms with E-state index in [1.807, 2.05) is 0 Å². The topological polar surface area (TPSA) is 35.2 Å². The molecule has 2 heteroatoms. The molecule has 2 nitrogen and oxygen atoms in total. The number of rotatable bonds is 4. The molecule has 0 bridgehead atoms. The highest BCUT2D eigenvalue weighted by atomic mass is 16.5. The number of allylic oxidation sites excluding steroid dienone is 1. The minimum Gasteiger partial charge on any atom is -0.360 e. The van der Waals surface area contributed by atoms with Gasteiger partial charge in [-0.1, -0.05) is 11.1 Å². The van der Waals surface area contributed by atoms with E-state index < -0.39 is 0 Å². The van der Waals surface area contributed by atoms with E-state index in [1.54, 1.807) is 0 Å². The third kappa shape index (κ3) is 4.52. The van der Waals surface area contributed by atoms with Gasteiger partial charge in [0, 0.05) is 0 Å². The summed E-state index contributed by atoms with van der Waals surface area (Å²) in [5.41, 5.74) is 7.95. The van der Waals surface area contributed by atoms with Gasteiger partial charge in [0.1, 0.15) is 0 Å².